The zero-order valence-electron chi connectivity index (χ0n) is 23.6. The van der Waals surface area contributed by atoms with Crippen LogP contribution in [0.4, 0.5) is 22.0 Å². The smallest absolute Gasteiger partial charge is 0.424 e. The Balaban J connectivity index is 1.72. The number of carbonyl (C=O) groups excluding carboxylic acids is 1. The number of halogens is 6. The van der Waals surface area contributed by atoms with Gasteiger partial charge in [0.1, 0.15) is 12.5 Å². The first kappa shape index (κ1) is 32.4. The van der Waals surface area contributed by atoms with E-state index in [4.69, 9.17) is 21.1 Å². The molecule has 7 nitrogen and oxygen atoms in total. The number of hydrogen-bond acceptors (Lipinski definition) is 6. The van der Waals surface area contributed by atoms with Crippen molar-refractivity contribution < 1.29 is 41.3 Å². The molecule has 1 heterocycles. The maximum Gasteiger partial charge on any atom is 0.424 e. The molecule has 0 saturated heterocycles. The molecule has 1 saturated carbocycles. The predicted octanol–water partition coefficient (Wildman–Crippen LogP) is 6.07. The van der Waals surface area contributed by atoms with Crippen LogP contribution in [0.5, 0.6) is 11.5 Å². The largest absolute Gasteiger partial charge is 0.493 e. The zero-order chi connectivity index (χ0) is 31.6. The van der Waals surface area contributed by atoms with Crippen LogP contribution in [-0.2, 0) is 11.1 Å². The van der Waals surface area contributed by atoms with E-state index in [9.17, 15) is 31.9 Å². The van der Waals surface area contributed by atoms with Crippen molar-refractivity contribution in [3.8, 4) is 22.8 Å². The van der Waals surface area contributed by atoms with Gasteiger partial charge in [0.05, 0.1) is 36.2 Å². The van der Waals surface area contributed by atoms with Crippen molar-refractivity contribution in [2.75, 3.05) is 26.9 Å². The summed E-state index contributed by atoms with van der Waals surface area (Å²) in [6, 6.07) is 10.1. The number of amides is 1. The van der Waals surface area contributed by atoms with Gasteiger partial charge in [-0.15, -0.1) is 0 Å². The summed E-state index contributed by atoms with van der Waals surface area (Å²) in [5, 5.41) is 16.0. The molecule has 232 valence electrons. The van der Waals surface area contributed by atoms with E-state index in [1.807, 2.05) is 0 Å². The van der Waals surface area contributed by atoms with Gasteiger partial charge in [-0.1, -0.05) is 11.6 Å². The molecule has 1 unspecified atom stereocenters. The first-order valence-electron chi connectivity index (χ1n) is 13.4. The first-order chi connectivity index (χ1) is 20.2. The Morgan fingerprint density at radius 1 is 1.09 bits per heavy atom. The van der Waals surface area contributed by atoms with Gasteiger partial charge in [-0.2, -0.15) is 13.2 Å². The molecule has 1 atom stereocenters. The molecule has 13 heteroatoms. The van der Waals surface area contributed by atoms with Crippen LogP contribution in [0.2, 0.25) is 5.02 Å². The number of hydrogen-bond donors (Lipinski definition) is 3. The molecule has 0 radical (unpaired) electrons. The van der Waals surface area contributed by atoms with Crippen LogP contribution in [0.25, 0.3) is 11.3 Å². The zero-order valence-corrected chi connectivity index (χ0v) is 24.4. The average molecular weight is 628 g/mol. The van der Waals surface area contributed by atoms with E-state index in [1.165, 1.54) is 43.5 Å². The molecule has 1 aromatic heterocycles. The second-order valence-corrected chi connectivity index (χ2v) is 11.1. The summed E-state index contributed by atoms with van der Waals surface area (Å²) >= 11 is 5.92. The van der Waals surface area contributed by atoms with E-state index < -0.39 is 48.0 Å². The van der Waals surface area contributed by atoms with Gasteiger partial charge in [0, 0.05) is 23.2 Å². The lowest BCUT2D eigenvalue weighted by Gasteiger charge is -2.33. The van der Waals surface area contributed by atoms with Crippen LogP contribution in [0.3, 0.4) is 0 Å². The maximum absolute atomic E-state index is 14.6. The highest BCUT2D eigenvalue weighted by Gasteiger charge is 2.56. The number of ether oxygens (including phenoxy) is 2. The minimum atomic E-state index is -5.31. The number of aliphatic hydroxyl groups is 1. The molecule has 3 N–H and O–H groups in total. The lowest BCUT2D eigenvalue weighted by molar-refractivity contribution is -0.265. The summed E-state index contributed by atoms with van der Waals surface area (Å²) < 4.78 is 81.6. The summed E-state index contributed by atoms with van der Waals surface area (Å²) in [4.78, 5) is 17.1. The van der Waals surface area contributed by atoms with E-state index in [0.717, 1.165) is 25.0 Å². The van der Waals surface area contributed by atoms with Gasteiger partial charge in [-0.05, 0) is 80.8 Å². The third kappa shape index (κ3) is 7.36. The average Bonchev–Trinajstić information content (AvgIpc) is 3.79. The predicted molar refractivity (Wildman–Crippen MR) is 151 cm³/mol. The van der Waals surface area contributed by atoms with Crippen molar-refractivity contribution in [1.82, 2.24) is 15.6 Å². The highest BCUT2D eigenvalue weighted by atomic mass is 35.5. The lowest BCUT2D eigenvalue weighted by Crippen LogP contribution is -2.52. The first-order valence-corrected chi connectivity index (χ1v) is 13.8. The molecule has 1 aliphatic carbocycles. The van der Waals surface area contributed by atoms with E-state index in [2.05, 4.69) is 15.6 Å². The molecule has 1 fully saturated rings. The summed E-state index contributed by atoms with van der Waals surface area (Å²) in [6.07, 6.45) is -3.49. The van der Waals surface area contributed by atoms with E-state index in [0.29, 0.717) is 5.75 Å². The van der Waals surface area contributed by atoms with E-state index >= 15 is 0 Å². The molecular formula is C30H31ClF5N3O4. The Morgan fingerprint density at radius 2 is 1.81 bits per heavy atom. The second kappa shape index (κ2) is 12.6. The molecule has 0 aliphatic heterocycles. The standard InChI is InChI=1S/C30H31ClF5N3O4/c1-28(2,38-11-10-32)19-14-23(17-4-8-22(33)21(31)12-17)39-26(15-19)29(41,30(34,35)36)16-37-27(40)18-5-9-24(25(13-18)42-3)43-20-6-7-20/h4-5,8-9,12-15,20,38,41H,6-7,10-11,16H2,1-3H3,(H,37,40). The molecule has 0 bridgehead atoms. The van der Waals surface area contributed by atoms with Gasteiger partial charge in [0.15, 0.2) is 11.5 Å². The summed E-state index contributed by atoms with van der Waals surface area (Å²) in [5.41, 5.74) is -5.28. The fourth-order valence-electron chi connectivity index (χ4n) is 4.29. The number of nitrogens with zero attached hydrogens (tertiary/aromatic N) is 1. The SMILES string of the molecule is COc1cc(C(=O)NCC(O)(c2cc(C(C)(C)NCCF)cc(-c3ccc(F)c(Cl)c3)n2)C(F)(F)F)ccc1OC1CC1. The lowest BCUT2D eigenvalue weighted by atomic mass is 9.88. The van der Waals surface area contributed by atoms with Crippen LogP contribution in [0.15, 0.2) is 48.5 Å². The van der Waals surface area contributed by atoms with Gasteiger partial charge in [-0.3, -0.25) is 4.79 Å². The normalized spacial score (nSPS) is 15.1. The van der Waals surface area contributed by atoms with Crippen molar-refractivity contribution in [3.05, 3.63) is 76.2 Å². The van der Waals surface area contributed by atoms with Gasteiger partial charge >= 0.3 is 6.18 Å². The summed E-state index contributed by atoms with van der Waals surface area (Å²) in [6.45, 7) is 1.09. The monoisotopic (exact) mass is 627 g/mol. The van der Waals surface area contributed by atoms with Crippen molar-refractivity contribution in [1.29, 1.82) is 0 Å². The number of rotatable bonds is 12. The quantitative estimate of drug-likeness (QED) is 0.211. The number of pyridine rings is 1. The molecule has 2 aromatic carbocycles. The van der Waals surface area contributed by atoms with Crippen molar-refractivity contribution in [3.63, 3.8) is 0 Å². The minimum Gasteiger partial charge on any atom is -0.493 e. The van der Waals surface area contributed by atoms with Crippen LogP contribution in [0, 0.1) is 5.82 Å². The summed E-state index contributed by atoms with van der Waals surface area (Å²) in [7, 11) is 1.37. The van der Waals surface area contributed by atoms with Gasteiger partial charge in [0.25, 0.3) is 5.91 Å². The number of carbonyl (C=O) groups is 1. The van der Waals surface area contributed by atoms with Crippen LogP contribution in [0.1, 0.15) is 48.3 Å². The second-order valence-electron chi connectivity index (χ2n) is 10.7. The van der Waals surface area contributed by atoms with Crippen molar-refractivity contribution in [2.45, 2.75) is 50.1 Å². The highest BCUT2D eigenvalue weighted by molar-refractivity contribution is 6.31. The Bertz CT molecular complexity index is 1480. The number of aromatic nitrogens is 1. The number of benzene rings is 2. The number of alkyl halides is 4. The molecule has 1 amide bonds. The summed E-state index contributed by atoms with van der Waals surface area (Å²) in [5.74, 6) is -1.03. The number of methoxy groups -OCH3 is 1. The Morgan fingerprint density at radius 3 is 2.42 bits per heavy atom. The molecular weight excluding hydrogens is 597 g/mol. The third-order valence-corrected chi connectivity index (χ3v) is 7.35. The third-order valence-electron chi connectivity index (χ3n) is 7.07. The molecule has 43 heavy (non-hydrogen) atoms. The van der Waals surface area contributed by atoms with Gasteiger partial charge in [-0.25, -0.2) is 13.8 Å². The Hall–Kier alpha value is -3.48. The Kier molecular flexibility index (Phi) is 9.53. The topological polar surface area (TPSA) is 92.7 Å². The fourth-order valence-corrected chi connectivity index (χ4v) is 4.47. The molecule has 0 spiro atoms. The molecule has 4 rings (SSSR count). The number of nitrogens with one attached hydrogen (secondary N) is 2. The molecule has 1 aliphatic rings. The van der Waals surface area contributed by atoms with Gasteiger partial charge < -0.3 is 25.2 Å². The van der Waals surface area contributed by atoms with Crippen LogP contribution in [-0.4, -0.2) is 55.2 Å². The van der Waals surface area contributed by atoms with Gasteiger partial charge in [0.2, 0.25) is 5.60 Å². The Labute approximate surface area is 250 Å². The maximum atomic E-state index is 14.6. The van der Waals surface area contributed by atoms with Crippen LogP contribution >= 0.6 is 11.6 Å². The highest BCUT2D eigenvalue weighted by Crippen LogP contribution is 2.41. The van der Waals surface area contributed by atoms with E-state index in [1.54, 1.807) is 13.8 Å². The van der Waals surface area contributed by atoms with E-state index in [-0.39, 0.29) is 45.8 Å². The minimum absolute atomic E-state index is 0.0237. The van der Waals surface area contributed by atoms with Crippen LogP contribution < -0.4 is 20.1 Å². The molecule has 3 aromatic rings. The fraction of sp³-hybridized carbons (Fsp3) is 0.400. The van der Waals surface area contributed by atoms with Crippen molar-refractivity contribution in [2.24, 2.45) is 0 Å². The van der Waals surface area contributed by atoms with Crippen molar-refractivity contribution >= 4 is 17.5 Å².